The second kappa shape index (κ2) is 10.7. The highest BCUT2D eigenvalue weighted by atomic mass is 35.5. The van der Waals surface area contributed by atoms with Crippen molar-refractivity contribution < 1.29 is 17.3 Å². The van der Waals surface area contributed by atoms with Gasteiger partial charge in [0.2, 0.25) is 0 Å². The zero-order chi connectivity index (χ0) is 24.5. The molecule has 0 spiro atoms. The van der Waals surface area contributed by atoms with Crippen molar-refractivity contribution in [2.45, 2.75) is 25.3 Å². The van der Waals surface area contributed by atoms with Gasteiger partial charge in [-0.05, 0) is 67.0 Å². The van der Waals surface area contributed by atoms with Crippen LogP contribution in [0.4, 0.5) is 17.1 Å². The first-order valence-electron chi connectivity index (χ1n) is 12.1. The number of anilines is 2. The van der Waals surface area contributed by atoms with Crippen LogP contribution in [-0.2, 0) is 5.41 Å². The van der Waals surface area contributed by atoms with Crippen LogP contribution in [0.2, 0.25) is 0 Å². The number of quaternary nitrogens is 1. The third-order valence-corrected chi connectivity index (χ3v) is 7.25. The fraction of sp³-hybridized carbons (Fsp3) is 0.290. The van der Waals surface area contributed by atoms with Crippen LogP contribution >= 0.6 is 0 Å². The van der Waals surface area contributed by atoms with E-state index in [1.54, 1.807) is 0 Å². The van der Waals surface area contributed by atoms with Crippen molar-refractivity contribution in [2.24, 2.45) is 0 Å². The van der Waals surface area contributed by atoms with E-state index in [2.05, 4.69) is 150 Å². The van der Waals surface area contributed by atoms with Crippen LogP contribution in [0, 0.1) is 0 Å². The number of benzene rings is 3. The smallest absolute Gasteiger partial charge is 0.135 e. The van der Waals surface area contributed by atoms with Gasteiger partial charge in [-0.3, -0.25) is 4.90 Å². The number of nitrogens with one attached hydrogen (secondary N) is 1. The van der Waals surface area contributed by atoms with E-state index in [1.165, 1.54) is 44.2 Å². The molecule has 0 fully saturated rings. The molecule has 3 nitrogen and oxygen atoms in total. The molecule has 0 aliphatic carbocycles. The van der Waals surface area contributed by atoms with Crippen molar-refractivity contribution >= 4 is 22.6 Å². The van der Waals surface area contributed by atoms with Gasteiger partial charge >= 0.3 is 0 Å². The zero-order valence-corrected chi connectivity index (χ0v) is 22.8. The lowest BCUT2D eigenvalue weighted by Gasteiger charge is -2.25. The largest absolute Gasteiger partial charge is 1.00 e. The van der Waals surface area contributed by atoms with E-state index in [4.69, 9.17) is 0 Å². The van der Waals surface area contributed by atoms with Gasteiger partial charge < -0.3 is 22.2 Å². The molecule has 184 valence electrons. The highest BCUT2D eigenvalue weighted by Gasteiger charge is 2.45. The molecule has 1 heterocycles. The Morgan fingerprint density at radius 3 is 1.71 bits per heavy atom. The molecule has 0 amide bonds. The summed E-state index contributed by atoms with van der Waals surface area (Å²) in [6.45, 7) is 4.73. The summed E-state index contributed by atoms with van der Waals surface area (Å²) in [4.78, 5) is 5.73. The summed E-state index contributed by atoms with van der Waals surface area (Å²) in [6.07, 6.45) is 6.93. The fourth-order valence-electron chi connectivity index (χ4n) is 5.15. The topological polar surface area (TPSA) is 10.9 Å². The van der Waals surface area contributed by atoms with E-state index >= 15 is 0 Å². The minimum Gasteiger partial charge on any atom is -1.00 e. The van der Waals surface area contributed by atoms with Gasteiger partial charge in [0.25, 0.3) is 0 Å². The number of likely N-dealkylation sites (N-methyl/N-ethyl adjacent to an activating group) is 1. The molecule has 3 aromatic carbocycles. The average Bonchev–Trinajstić information content (AvgIpc) is 3.02. The van der Waals surface area contributed by atoms with Crippen molar-refractivity contribution in [2.75, 3.05) is 45.0 Å². The number of hydrogen-bond donors (Lipinski definition) is 1. The third kappa shape index (κ3) is 5.32. The molecule has 0 bridgehead atoms. The summed E-state index contributed by atoms with van der Waals surface area (Å²) in [5.74, 6) is 0. The molecule has 3 aromatic rings. The molecule has 0 saturated heterocycles. The Hall–Kier alpha value is -3.01. The second-order valence-corrected chi connectivity index (χ2v) is 10.3. The van der Waals surface area contributed by atoms with E-state index in [9.17, 15) is 0 Å². The van der Waals surface area contributed by atoms with Crippen LogP contribution in [0.25, 0.3) is 5.57 Å². The van der Waals surface area contributed by atoms with Gasteiger partial charge in [0, 0.05) is 45.1 Å². The normalized spacial score (nSPS) is 18.0. The Morgan fingerprint density at radius 1 is 0.771 bits per heavy atom. The fourth-order valence-corrected chi connectivity index (χ4v) is 5.15. The highest BCUT2D eigenvalue weighted by molar-refractivity contribution is 5.82. The first kappa shape index (κ1) is 26.6. The number of hydrogen-bond acceptors (Lipinski definition) is 2. The molecule has 1 aliphatic rings. The summed E-state index contributed by atoms with van der Waals surface area (Å²) >= 11 is 0. The molecule has 1 N–H and O–H groups in total. The maximum absolute atomic E-state index is 2.39. The minimum atomic E-state index is 0. The van der Waals surface area contributed by atoms with Crippen LogP contribution < -0.4 is 27.1 Å². The van der Waals surface area contributed by atoms with E-state index in [0.29, 0.717) is 6.04 Å². The molecule has 2 atom stereocenters. The van der Waals surface area contributed by atoms with Gasteiger partial charge in [-0.15, -0.1) is 0 Å². The van der Waals surface area contributed by atoms with Crippen molar-refractivity contribution in [3.8, 4) is 0 Å². The van der Waals surface area contributed by atoms with Gasteiger partial charge in [-0.2, -0.15) is 0 Å². The summed E-state index contributed by atoms with van der Waals surface area (Å²) in [6, 6.07) is 26.9. The number of nitrogens with zero attached hydrogens (tertiary/aromatic N) is 2. The molecule has 0 saturated carbocycles. The van der Waals surface area contributed by atoms with E-state index in [0.717, 1.165) is 0 Å². The minimum absolute atomic E-state index is 0. The van der Waals surface area contributed by atoms with Crippen molar-refractivity contribution in [3.05, 3.63) is 108 Å². The number of rotatable bonds is 6. The third-order valence-electron chi connectivity index (χ3n) is 7.25. The van der Waals surface area contributed by atoms with E-state index in [-0.39, 0.29) is 17.8 Å². The Balaban J connectivity index is 0.00000342. The van der Waals surface area contributed by atoms with Gasteiger partial charge in [0.1, 0.15) is 11.7 Å². The van der Waals surface area contributed by atoms with Crippen molar-refractivity contribution in [3.63, 3.8) is 0 Å². The number of halogens is 1. The maximum atomic E-state index is 2.39. The Labute approximate surface area is 217 Å². The Morgan fingerprint density at radius 2 is 1.26 bits per heavy atom. The van der Waals surface area contributed by atoms with E-state index < -0.39 is 0 Å². The van der Waals surface area contributed by atoms with Crippen LogP contribution in [-0.4, -0.2) is 41.3 Å². The first-order valence-corrected chi connectivity index (χ1v) is 12.1. The quantitative estimate of drug-likeness (QED) is 0.535. The number of fused-ring (bicyclic) bond motifs is 1. The van der Waals surface area contributed by atoms with Crippen LogP contribution in [0.5, 0.6) is 0 Å². The molecular weight excluding hydrogens is 450 g/mol. The molecule has 0 aromatic heterocycles. The number of allylic oxidation sites excluding steroid dienone is 2. The molecule has 1 aliphatic heterocycles. The highest BCUT2D eigenvalue weighted by Crippen LogP contribution is 2.36. The van der Waals surface area contributed by atoms with Gasteiger partial charge in [-0.1, -0.05) is 54.6 Å². The van der Waals surface area contributed by atoms with Gasteiger partial charge in [0.05, 0.1) is 12.5 Å². The SMILES string of the molecule is CN(C)c1ccc(C(=CC=CC2[NH+](C)c3ccccc3C2(C)C)c2ccc(N(C)C)cc2)cc1.[Cl-]. The lowest BCUT2D eigenvalue weighted by Crippen LogP contribution is -3.07. The summed E-state index contributed by atoms with van der Waals surface area (Å²) in [5.41, 5.74) is 9.04. The Bertz CT molecular complexity index is 1140. The summed E-state index contributed by atoms with van der Waals surface area (Å²) in [7, 11) is 10.6. The predicted octanol–water partition coefficient (Wildman–Crippen LogP) is 2.32. The molecule has 4 heteroatoms. The zero-order valence-electron chi connectivity index (χ0n) is 22.0. The number of para-hydroxylation sites is 1. The molecule has 0 radical (unpaired) electrons. The van der Waals surface area contributed by atoms with Gasteiger partial charge in [0.15, 0.2) is 0 Å². The molecule has 4 rings (SSSR count). The maximum Gasteiger partial charge on any atom is 0.135 e. The summed E-state index contributed by atoms with van der Waals surface area (Å²) in [5, 5.41) is 0. The van der Waals surface area contributed by atoms with Crippen LogP contribution in [0.3, 0.4) is 0 Å². The van der Waals surface area contributed by atoms with Gasteiger partial charge in [-0.25, -0.2) is 0 Å². The second-order valence-electron chi connectivity index (χ2n) is 10.3. The molecular formula is C31H38ClN3. The van der Waals surface area contributed by atoms with Crippen LogP contribution in [0.15, 0.2) is 91.0 Å². The van der Waals surface area contributed by atoms with Crippen LogP contribution in [0.1, 0.15) is 30.5 Å². The van der Waals surface area contributed by atoms with E-state index in [1.807, 2.05) is 0 Å². The molecule has 35 heavy (non-hydrogen) atoms. The first-order chi connectivity index (χ1) is 16.2. The standard InChI is InChI=1S/C31H37N3.ClH/c1-31(2)28-12-8-9-13-29(28)34(7)30(31)14-10-11-27(23-15-19-25(20-16-23)32(3)4)24-17-21-26(22-18-24)33(5)6;/h8-22,30H,1-7H3;1H. The average molecular weight is 488 g/mol. The predicted molar refractivity (Wildman–Crippen MR) is 148 cm³/mol. The van der Waals surface area contributed by atoms with Crippen molar-refractivity contribution in [1.82, 2.24) is 0 Å². The Kier molecular flexibility index (Phi) is 8.15. The lowest BCUT2D eigenvalue weighted by atomic mass is 9.80. The monoisotopic (exact) mass is 487 g/mol. The summed E-state index contributed by atoms with van der Waals surface area (Å²) < 4.78 is 0. The molecule has 2 unspecified atom stereocenters. The van der Waals surface area contributed by atoms with Crippen molar-refractivity contribution in [1.29, 1.82) is 0 Å². The lowest BCUT2D eigenvalue weighted by molar-refractivity contribution is -0.828.